The third kappa shape index (κ3) is 2.40. The van der Waals surface area contributed by atoms with Crippen molar-refractivity contribution in [3.05, 3.63) is 30.1 Å². The monoisotopic (exact) mass is 310 g/mol. The van der Waals surface area contributed by atoms with E-state index in [0.29, 0.717) is 17.8 Å². The summed E-state index contributed by atoms with van der Waals surface area (Å²) in [5.41, 5.74) is 1.43. The minimum absolute atomic E-state index is 0.168. The summed E-state index contributed by atoms with van der Waals surface area (Å²) < 4.78 is 41.9. The van der Waals surface area contributed by atoms with Gasteiger partial charge in [0.1, 0.15) is 0 Å². The summed E-state index contributed by atoms with van der Waals surface area (Å²) >= 11 is 0. The van der Waals surface area contributed by atoms with E-state index in [0.717, 1.165) is 12.2 Å². The first-order chi connectivity index (χ1) is 10.3. The lowest BCUT2D eigenvalue weighted by Crippen LogP contribution is -2.37. The Balaban J connectivity index is 2.25. The number of rotatable bonds is 1. The maximum atomic E-state index is 13.5. The van der Waals surface area contributed by atoms with E-state index in [2.05, 4.69) is 5.10 Å². The van der Waals surface area contributed by atoms with E-state index in [9.17, 15) is 13.2 Å². The second-order valence-corrected chi connectivity index (χ2v) is 5.63. The van der Waals surface area contributed by atoms with Crippen molar-refractivity contribution in [2.45, 2.75) is 6.18 Å². The molecule has 1 aliphatic rings. The highest BCUT2D eigenvalue weighted by molar-refractivity contribution is 5.82. The van der Waals surface area contributed by atoms with Crippen LogP contribution in [0.15, 0.2) is 24.5 Å². The summed E-state index contributed by atoms with van der Waals surface area (Å²) in [7, 11) is 5.40. The maximum absolute atomic E-state index is 13.5. The molecule has 0 bridgehead atoms. The van der Waals surface area contributed by atoms with Gasteiger partial charge in [-0.1, -0.05) is 0 Å². The first kappa shape index (κ1) is 14.7. The van der Waals surface area contributed by atoms with Crippen molar-refractivity contribution in [1.82, 2.24) is 9.78 Å². The number of hydrogen-bond acceptors (Lipinski definition) is 3. The Morgan fingerprint density at radius 1 is 1.00 bits per heavy atom. The van der Waals surface area contributed by atoms with Crippen LogP contribution in [0.5, 0.6) is 0 Å². The predicted molar refractivity (Wildman–Crippen MR) is 80.2 cm³/mol. The molecular formula is C15H17F3N4. The number of fused-ring (bicyclic) bond motifs is 1. The molecule has 0 radical (unpaired) electrons. The van der Waals surface area contributed by atoms with Gasteiger partial charge >= 0.3 is 6.18 Å². The van der Waals surface area contributed by atoms with Crippen LogP contribution >= 0.6 is 0 Å². The van der Waals surface area contributed by atoms with Gasteiger partial charge in [0.2, 0.25) is 0 Å². The lowest BCUT2D eigenvalue weighted by atomic mass is 9.98. The third-order valence-electron chi connectivity index (χ3n) is 4.03. The summed E-state index contributed by atoms with van der Waals surface area (Å²) in [6.45, 7) is 1.48. The van der Waals surface area contributed by atoms with Crippen LogP contribution in [0.1, 0.15) is 5.56 Å². The van der Waals surface area contributed by atoms with E-state index in [4.69, 9.17) is 0 Å². The van der Waals surface area contributed by atoms with Gasteiger partial charge in [-0.2, -0.15) is 18.3 Å². The van der Waals surface area contributed by atoms with Crippen LogP contribution in [-0.4, -0.2) is 37.0 Å². The SMILES string of the molecule is CN1CCN(C)c2cc(C(F)(F)F)c(-c3cnn(C)c3)cc21. The topological polar surface area (TPSA) is 24.3 Å². The highest BCUT2D eigenvalue weighted by atomic mass is 19.4. The second-order valence-electron chi connectivity index (χ2n) is 5.63. The van der Waals surface area contributed by atoms with Gasteiger partial charge in [0, 0.05) is 46.0 Å². The Labute approximate surface area is 126 Å². The number of likely N-dealkylation sites (N-methyl/N-ethyl adjacent to an activating group) is 2. The number of anilines is 2. The molecule has 0 aliphatic carbocycles. The molecular weight excluding hydrogens is 293 g/mol. The molecule has 0 amide bonds. The molecule has 1 aliphatic heterocycles. The zero-order valence-electron chi connectivity index (χ0n) is 12.6. The molecule has 0 spiro atoms. The van der Waals surface area contributed by atoms with Crippen LogP contribution in [0.4, 0.5) is 24.5 Å². The molecule has 0 unspecified atom stereocenters. The molecule has 2 heterocycles. The lowest BCUT2D eigenvalue weighted by molar-refractivity contribution is -0.137. The average molecular weight is 310 g/mol. The minimum Gasteiger partial charge on any atom is -0.371 e. The number of hydrogen-bond donors (Lipinski definition) is 0. The molecule has 4 nitrogen and oxygen atoms in total. The quantitative estimate of drug-likeness (QED) is 0.809. The molecule has 0 fully saturated rings. The van der Waals surface area contributed by atoms with Crippen molar-refractivity contribution in [2.75, 3.05) is 37.0 Å². The van der Waals surface area contributed by atoms with E-state index in [1.807, 2.05) is 23.9 Å². The zero-order chi connectivity index (χ0) is 16.1. The number of alkyl halides is 3. The number of nitrogens with zero attached hydrogens (tertiary/aromatic N) is 4. The molecule has 0 saturated heterocycles. The Morgan fingerprint density at radius 2 is 1.59 bits per heavy atom. The first-order valence-electron chi connectivity index (χ1n) is 6.94. The summed E-state index contributed by atoms with van der Waals surface area (Å²) in [4.78, 5) is 3.84. The van der Waals surface area contributed by atoms with Gasteiger partial charge in [-0.3, -0.25) is 4.68 Å². The Bertz CT molecular complexity index is 705. The van der Waals surface area contributed by atoms with Crippen LogP contribution in [0.25, 0.3) is 11.1 Å². The summed E-state index contributed by atoms with van der Waals surface area (Å²) in [5.74, 6) is 0. The van der Waals surface area contributed by atoms with Crippen molar-refractivity contribution >= 4 is 11.4 Å². The largest absolute Gasteiger partial charge is 0.417 e. The van der Waals surface area contributed by atoms with Gasteiger partial charge in [0.05, 0.1) is 23.1 Å². The van der Waals surface area contributed by atoms with E-state index >= 15 is 0 Å². The van der Waals surface area contributed by atoms with E-state index < -0.39 is 11.7 Å². The molecule has 1 aromatic carbocycles. The minimum atomic E-state index is -4.41. The Hall–Kier alpha value is -2.18. The van der Waals surface area contributed by atoms with Gasteiger partial charge in [-0.05, 0) is 17.7 Å². The lowest BCUT2D eigenvalue weighted by Gasteiger charge is -2.35. The van der Waals surface area contributed by atoms with Gasteiger partial charge in [-0.25, -0.2) is 0 Å². The van der Waals surface area contributed by atoms with Crippen molar-refractivity contribution in [2.24, 2.45) is 7.05 Å². The van der Waals surface area contributed by atoms with Gasteiger partial charge in [0.15, 0.2) is 0 Å². The van der Waals surface area contributed by atoms with Crippen molar-refractivity contribution in [3.63, 3.8) is 0 Å². The van der Waals surface area contributed by atoms with Crippen LogP contribution in [0, 0.1) is 0 Å². The zero-order valence-corrected chi connectivity index (χ0v) is 12.6. The predicted octanol–water partition coefficient (Wildman–Crippen LogP) is 2.99. The van der Waals surface area contributed by atoms with Crippen LogP contribution in [-0.2, 0) is 13.2 Å². The second kappa shape index (κ2) is 4.93. The molecule has 118 valence electrons. The highest BCUT2D eigenvalue weighted by Crippen LogP contribution is 2.44. The van der Waals surface area contributed by atoms with Crippen LogP contribution < -0.4 is 9.80 Å². The van der Waals surface area contributed by atoms with Gasteiger partial charge in [-0.15, -0.1) is 0 Å². The van der Waals surface area contributed by atoms with Crippen LogP contribution in [0.2, 0.25) is 0 Å². The summed E-state index contributed by atoms with van der Waals surface area (Å²) in [5, 5.41) is 3.99. The standard InChI is InChI=1S/C15H17F3N4/c1-20-4-5-21(2)14-7-12(15(16,17)18)11(6-13(14)20)10-8-19-22(3)9-10/h6-9H,4-5H2,1-3H3. The molecule has 0 N–H and O–H groups in total. The van der Waals surface area contributed by atoms with E-state index in [1.165, 1.54) is 16.9 Å². The van der Waals surface area contributed by atoms with E-state index in [1.54, 1.807) is 19.3 Å². The fourth-order valence-corrected chi connectivity index (χ4v) is 2.76. The number of aryl methyl sites for hydroxylation is 1. The van der Waals surface area contributed by atoms with Crippen molar-refractivity contribution in [3.8, 4) is 11.1 Å². The Kier molecular flexibility index (Phi) is 3.30. The fraction of sp³-hybridized carbons (Fsp3) is 0.400. The number of benzene rings is 1. The fourth-order valence-electron chi connectivity index (χ4n) is 2.76. The van der Waals surface area contributed by atoms with E-state index in [-0.39, 0.29) is 5.56 Å². The number of aromatic nitrogens is 2. The van der Waals surface area contributed by atoms with Crippen molar-refractivity contribution < 1.29 is 13.2 Å². The third-order valence-corrected chi connectivity index (χ3v) is 4.03. The summed E-state index contributed by atoms with van der Waals surface area (Å²) in [6, 6.07) is 2.86. The number of halogens is 3. The Morgan fingerprint density at radius 3 is 2.09 bits per heavy atom. The first-order valence-corrected chi connectivity index (χ1v) is 6.94. The molecule has 1 aromatic heterocycles. The molecule has 2 aromatic rings. The normalized spacial score (nSPS) is 15.2. The van der Waals surface area contributed by atoms with Crippen LogP contribution in [0.3, 0.4) is 0 Å². The van der Waals surface area contributed by atoms with Gasteiger partial charge < -0.3 is 9.80 Å². The molecule has 7 heteroatoms. The maximum Gasteiger partial charge on any atom is 0.417 e. The molecule has 0 atom stereocenters. The highest BCUT2D eigenvalue weighted by Gasteiger charge is 2.36. The van der Waals surface area contributed by atoms with Gasteiger partial charge in [0.25, 0.3) is 0 Å². The smallest absolute Gasteiger partial charge is 0.371 e. The molecule has 3 rings (SSSR count). The molecule has 22 heavy (non-hydrogen) atoms. The molecule has 0 saturated carbocycles. The average Bonchev–Trinajstić information content (AvgIpc) is 2.87. The summed E-state index contributed by atoms with van der Waals surface area (Å²) in [6.07, 6.45) is -1.34. The van der Waals surface area contributed by atoms with Crippen molar-refractivity contribution in [1.29, 1.82) is 0 Å².